The third-order valence-electron chi connectivity index (χ3n) is 6.28. The fourth-order valence-corrected chi connectivity index (χ4v) is 4.65. The molecule has 0 radical (unpaired) electrons. The smallest absolute Gasteiger partial charge is 0.170 e. The number of fused-ring (bicyclic) bond motifs is 3. The quantitative estimate of drug-likeness (QED) is 0.549. The molecule has 2 heterocycles. The number of carbonyl (C=O) groups is 2. The molecule has 1 atom stereocenters. The lowest BCUT2D eigenvalue weighted by Gasteiger charge is -2.23. The molecule has 30 heavy (non-hydrogen) atoms. The summed E-state index contributed by atoms with van der Waals surface area (Å²) in [6.45, 7) is 3.14. The molecule has 1 unspecified atom stereocenters. The van der Waals surface area contributed by atoms with Gasteiger partial charge in [0.2, 0.25) is 0 Å². The first-order chi connectivity index (χ1) is 14.6. The summed E-state index contributed by atoms with van der Waals surface area (Å²) in [5, 5.41) is 9.90. The van der Waals surface area contributed by atoms with Gasteiger partial charge in [-0.1, -0.05) is 24.6 Å². The van der Waals surface area contributed by atoms with Gasteiger partial charge < -0.3 is 14.2 Å². The minimum Gasteiger partial charge on any atom is -0.389 e. The van der Waals surface area contributed by atoms with Gasteiger partial charge in [-0.05, 0) is 38.7 Å². The van der Waals surface area contributed by atoms with E-state index in [2.05, 4.69) is 26.3 Å². The van der Waals surface area contributed by atoms with E-state index in [1.54, 1.807) is 6.20 Å². The zero-order valence-electron chi connectivity index (χ0n) is 17.5. The van der Waals surface area contributed by atoms with Crippen LogP contribution in [0.15, 0.2) is 36.7 Å². The summed E-state index contributed by atoms with van der Waals surface area (Å²) in [6, 6.07) is 8.20. The van der Waals surface area contributed by atoms with Crippen molar-refractivity contribution < 1.29 is 14.7 Å². The SMILES string of the molecule is Cc1nccn1CC1CCc2c(c3ccccc3n2CCCCCC(=O)CO)C1=O. The van der Waals surface area contributed by atoms with Gasteiger partial charge in [0.15, 0.2) is 11.6 Å². The molecular weight excluding hydrogens is 378 g/mol. The number of hydrogen-bond donors (Lipinski definition) is 1. The minimum atomic E-state index is -0.363. The summed E-state index contributed by atoms with van der Waals surface area (Å²) in [5.41, 5.74) is 3.18. The number of nitrogens with zero attached hydrogens (tertiary/aromatic N) is 3. The van der Waals surface area contributed by atoms with Crippen LogP contribution in [0.5, 0.6) is 0 Å². The number of Topliss-reactive ketones (excluding diaryl/α,β-unsaturated/α-hetero) is 2. The summed E-state index contributed by atoms with van der Waals surface area (Å²) in [5.74, 6) is 1.07. The Morgan fingerprint density at radius 2 is 2.07 bits per heavy atom. The number of aryl methyl sites for hydroxylation is 2. The van der Waals surface area contributed by atoms with Crippen LogP contribution in [0, 0.1) is 12.8 Å². The van der Waals surface area contributed by atoms with Gasteiger partial charge in [0.25, 0.3) is 0 Å². The molecule has 0 bridgehead atoms. The van der Waals surface area contributed by atoms with Crippen molar-refractivity contribution in [3.63, 3.8) is 0 Å². The van der Waals surface area contributed by atoms with Gasteiger partial charge in [-0.2, -0.15) is 0 Å². The fourth-order valence-electron chi connectivity index (χ4n) is 4.65. The maximum absolute atomic E-state index is 13.5. The van der Waals surface area contributed by atoms with Crippen LogP contribution >= 0.6 is 0 Å². The van der Waals surface area contributed by atoms with E-state index in [1.807, 2.05) is 25.3 Å². The second-order valence-corrected chi connectivity index (χ2v) is 8.22. The van der Waals surface area contributed by atoms with E-state index in [0.717, 1.165) is 66.6 Å². The first-order valence-electron chi connectivity index (χ1n) is 10.8. The molecule has 2 aromatic heterocycles. The number of benzene rings is 1. The molecular formula is C24H29N3O3. The van der Waals surface area contributed by atoms with E-state index in [-0.39, 0.29) is 24.1 Å². The van der Waals surface area contributed by atoms with Crippen LogP contribution < -0.4 is 0 Å². The molecule has 1 aliphatic rings. The van der Waals surface area contributed by atoms with E-state index >= 15 is 0 Å². The average Bonchev–Trinajstić information content (AvgIpc) is 3.31. The molecule has 6 heteroatoms. The molecule has 0 amide bonds. The van der Waals surface area contributed by atoms with Gasteiger partial charge >= 0.3 is 0 Å². The monoisotopic (exact) mass is 407 g/mol. The molecule has 0 aliphatic heterocycles. The average molecular weight is 408 g/mol. The van der Waals surface area contributed by atoms with Crippen molar-refractivity contribution >= 4 is 22.5 Å². The molecule has 3 aromatic rings. The lowest BCUT2D eigenvalue weighted by Crippen LogP contribution is -2.27. The minimum absolute atomic E-state index is 0.0193. The van der Waals surface area contributed by atoms with Crippen LogP contribution in [0.4, 0.5) is 0 Å². The second-order valence-electron chi connectivity index (χ2n) is 8.22. The van der Waals surface area contributed by atoms with Crippen LogP contribution in [0.1, 0.15) is 54.0 Å². The first kappa shape index (κ1) is 20.5. The lowest BCUT2D eigenvalue weighted by atomic mass is 9.85. The van der Waals surface area contributed by atoms with Crippen molar-refractivity contribution in [2.75, 3.05) is 6.61 Å². The number of aliphatic hydroxyl groups excluding tert-OH is 1. The molecule has 158 valence electrons. The number of unbranched alkanes of at least 4 members (excludes halogenated alkanes) is 2. The normalized spacial score (nSPS) is 16.2. The highest BCUT2D eigenvalue weighted by Gasteiger charge is 2.32. The van der Waals surface area contributed by atoms with E-state index in [4.69, 9.17) is 5.11 Å². The van der Waals surface area contributed by atoms with E-state index in [0.29, 0.717) is 13.0 Å². The van der Waals surface area contributed by atoms with Crippen molar-refractivity contribution in [2.45, 2.75) is 58.5 Å². The molecule has 0 fully saturated rings. The van der Waals surface area contributed by atoms with E-state index < -0.39 is 0 Å². The Kier molecular flexibility index (Phi) is 6.13. The second kappa shape index (κ2) is 8.96. The zero-order chi connectivity index (χ0) is 21.1. The molecule has 0 spiro atoms. The molecule has 1 N–H and O–H groups in total. The summed E-state index contributed by atoms with van der Waals surface area (Å²) < 4.78 is 4.38. The zero-order valence-corrected chi connectivity index (χ0v) is 17.5. The van der Waals surface area contributed by atoms with Crippen LogP contribution in [0.2, 0.25) is 0 Å². The number of ketones is 2. The van der Waals surface area contributed by atoms with Crippen molar-refractivity contribution in [1.82, 2.24) is 14.1 Å². The molecule has 0 saturated carbocycles. The number of rotatable bonds is 9. The Bertz CT molecular complexity index is 1060. The van der Waals surface area contributed by atoms with Gasteiger partial charge in [-0.25, -0.2) is 4.98 Å². The first-order valence-corrected chi connectivity index (χ1v) is 10.8. The number of hydrogen-bond acceptors (Lipinski definition) is 4. The maximum atomic E-state index is 13.5. The molecule has 0 saturated heterocycles. The van der Waals surface area contributed by atoms with Crippen LogP contribution in [-0.4, -0.2) is 37.4 Å². The summed E-state index contributed by atoms with van der Waals surface area (Å²) in [7, 11) is 0. The third kappa shape index (κ3) is 3.97. The van der Waals surface area contributed by atoms with Crippen LogP contribution in [0.25, 0.3) is 10.9 Å². The molecule has 4 rings (SSSR count). The van der Waals surface area contributed by atoms with Gasteiger partial charge in [0.05, 0.1) is 0 Å². The summed E-state index contributed by atoms with van der Waals surface area (Å²) in [4.78, 5) is 29.0. The maximum Gasteiger partial charge on any atom is 0.170 e. The van der Waals surface area contributed by atoms with Gasteiger partial charge in [-0.15, -0.1) is 0 Å². The highest BCUT2D eigenvalue weighted by atomic mass is 16.3. The Labute approximate surface area is 176 Å². The summed E-state index contributed by atoms with van der Waals surface area (Å²) >= 11 is 0. The van der Waals surface area contributed by atoms with Crippen LogP contribution in [0.3, 0.4) is 0 Å². The number of aliphatic hydroxyl groups is 1. The number of imidazole rings is 1. The van der Waals surface area contributed by atoms with E-state index in [1.165, 1.54) is 0 Å². The molecule has 1 aromatic carbocycles. The van der Waals surface area contributed by atoms with Gasteiger partial charge in [0, 0.05) is 60.0 Å². The Morgan fingerprint density at radius 1 is 1.23 bits per heavy atom. The number of aromatic nitrogens is 3. The van der Waals surface area contributed by atoms with Gasteiger partial charge in [0.1, 0.15) is 12.4 Å². The lowest BCUT2D eigenvalue weighted by molar-refractivity contribution is -0.121. The highest BCUT2D eigenvalue weighted by molar-refractivity contribution is 6.11. The van der Waals surface area contributed by atoms with Crippen molar-refractivity contribution in [3.05, 3.63) is 53.7 Å². The number of para-hydroxylation sites is 1. The third-order valence-corrected chi connectivity index (χ3v) is 6.28. The number of carbonyl (C=O) groups excluding carboxylic acids is 2. The summed E-state index contributed by atoms with van der Waals surface area (Å²) in [6.07, 6.45) is 8.61. The fraction of sp³-hybridized carbons (Fsp3) is 0.458. The topological polar surface area (TPSA) is 77.1 Å². The largest absolute Gasteiger partial charge is 0.389 e. The highest BCUT2D eigenvalue weighted by Crippen LogP contribution is 2.35. The Hall–Kier alpha value is -2.73. The van der Waals surface area contributed by atoms with Crippen molar-refractivity contribution in [2.24, 2.45) is 5.92 Å². The van der Waals surface area contributed by atoms with Gasteiger partial charge in [-0.3, -0.25) is 9.59 Å². The van der Waals surface area contributed by atoms with Crippen molar-refractivity contribution in [3.8, 4) is 0 Å². The standard InChI is InChI=1S/C24H29N3O3/c1-17-25-12-14-26(17)15-18-10-11-22-23(24(18)30)20-8-4-5-9-21(20)27(22)13-6-2-3-7-19(29)16-28/h4-5,8-9,12,14,18,28H,2-3,6-7,10-11,13,15-16H2,1H3. The Balaban J connectivity index is 1.54. The Morgan fingerprint density at radius 3 is 2.83 bits per heavy atom. The van der Waals surface area contributed by atoms with E-state index in [9.17, 15) is 9.59 Å². The van der Waals surface area contributed by atoms with Crippen molar-refractivity contribution in [1.29, 1.82) is 0 Å². The molecule has 6 nitrogen and oxygen atoms in total. The predicted octanol–water partition coefficient (Wildman–Crippen LogP) is 3.71. The predicted molar refractivity (Wildman–Crippen MR) is 116 cm³/mol. The van der Waals surface area contributed by atoms with Crippen LogP contribution in [-0.2, 0) is 24.3 Å². The molecule has 1 aliphatic carbocycles.